The van der Waals surface area contributed by atoms with E-state index in [1.165, 1.54) is 16.0 Å². The molecule has 136 valence electrons. The summed E-state index contributed by atoms with van der Waals surface area (Å²) in [6.07, 6.45) is 0.585. The van der Waals surface area contributed by atoms with E-state index in [0.717, 1.165) is 15.8 Å². The van der Waals surface area contributed by atoms with E-state index in [9.17, 15) is 10.2 Å². The van der Waals surface area contributed by atoms with Crippen LogP contribution >= 0.6 is 39.0 Å². The molecule has 3 rings (SSSR count). The second-order valence-electron chi connectivity index (χ2n) is 6.51. The number of thiophene rings is 1. The van der Waals surface area contributed by atoms with E-state index >= 15 is 0 Å². The molecule has 1 unspecified atom stereocenters. The lowest BCUT2D eigenvalue weighted by molar-refractivity contribution is -0.158. The summed E-state index contributed by atoms with van der Waals surface area (Å²) in [5.74, 6) is 0. The highest BCUT2D eigenvalue weighted by atomic mass is 79.9. The minimum Gasteiger partial charge on any atom is -0.389 e. The Morgan fingerprint density at radius 1 is 1.20 bits per heavy atom. The van der Waals surface area contributed by atoms with Crippen molar-refractivity contribution in [3.05, 3.63) is 55.7 Å². The van der Waals surface area contributed by atoms with Crippen LogP contribution in [0.3, 0.4) is 0 Å². The summed E-state index contributed by atoms with van der Waals surface area (Å²) in [6, 6.07) is 10.6. The van der Waals surface area contributed by atoms with Gasteiger partial charge in [0.1, 0.15) is 6.10 Å². The zero-order chi connectivity index (χ0) is 18.1. The first-order valence-corrected chi connectivity index (χ1v) is 11.2. The average Bonchev–Trinajstić information content (AvgIpc) is 2.99. The summed E-state index contributed by atoms with van der Waals surface area (Å²) in [5.41, 5.74) is 3.58. The second-order valence-corrected chi connectivity index (χ2v) is 10.1. The number of hydrogen-bond acceptors (Lipinski definition) is 5. The fourth-order valence-corrected chi connectivity index (χ4v) is 5.68. The molecule has 5 atom stereocenters. The van der Waals surface area contributed by atoms with E-state index in [1.807, 2.05) is 13.2 Å². The summed E-state index contributed by atoms with van der Waals surface area (Å²) in [4.78, 5) is 1.31. The van der Waals surface area contributed by atoms with Crippen molar-refractivity contribution in [1.82, 2.24) is 0 Å². The van der Waals surface area contributed by atoms with Crippen molar-refractivity contribution in [2.75, 3.05) is 6.26 Å². The van der Waals surface area contributed by atoms with Crippen molar-refractivity contribution in [3.8, 4) is 0 Å². The van der Waals surface area contributed by atoms with Crippen LogP contribution in [0.5, 0.6) is 0 Å². The number of ether oxygens (including phenoxy) is 1. The van der Waals surface area contributed by atoms with Gasteiger partial charge in [0.25, 0.3) is 0 Å². The molecule has 2 N–H and O–H groups in total. The standard InChI is InChI=1S/C19H23BrO3S2/c1-10-4-5-12(8-13(10)9-14-6-7-15(20)25-14)18-19(24-3)17(22)16(21)11(2)23-18/h4-8,11,16-19,21-22H,9H2,1-3H3/t11-,16-,17+,18?,19-/m1/s1. The molecule has 2 aromatic rings. The predicted molar refractivity (Wildman–Crippen MR) is 109 cm³/mol. The molecule has 1 aromatic heterocycles. The molecule has 0 aliphatic carbocycles. The maximum absolute atomic E-state index is 10.4. The molecule has 0 amide bonds. The zero-order valence-corrected chi connectivity index (χ0v) is 17.7. The van der Waals surface area contributed by atoms with Gasteiger partial charge in [-0.1, -0.05) is 18.2 Å². The Balaban J connectivity index is 1.90. The maximum atomic E-state index is 10.4. The number of aliphatic hydroxyl groups excluding tert-OH is 2. The number of rotatable bonds is 4. The van der Waals surface area contributed by atoms with Crippen molar-refractivity contribution < 1.29 is 14.9 Å². The van der Waals surface area contributed by atoms with E-state index in [2.05, 4.69) is 53.2 Å². The summed E-state index contributed by atoms with van der Waals surface area (Å²) in [6.45, 7) is 3.94. The van der Waals surface area contributed by atoms with Gasteiger partial charge in [0.15, 0.2) is 0 Å². The van der Waals surface area contributed by atoms with Gasteiger partial charge in [-0.3, -0.25) is 0 Å². The SMILES string of the molecule is CS[C@H]1C(c2ccc(C)c(Cc3ccc(Br)s3)c2)O[C@H](C)[C@@H](O)[C@@H]1O. The Morgan fingerprint density at radius 3 is 2.60 bits per heavy atom. The molecule has 0 bridgehead atoms. The molecule has 25 heavy (non-hydrogen) atoms. The van der Waals surface area contributed by atoms with Gasteiger partial charge in [-0.25, -0.2) is 0 Å². The lowest BCUT2D eigenvalue weighted by Crippen LogP contribution is -2.51. The third-order valence-electron chi connectivity index (χ3n) is 4.79. The molecule has 0 radical (unpaired) electrons. The molecule has 0 spiro atoms. The van der Waals surface area contributed by atoms with E-state index in [0.29, 0.717) is 0 Å². The van der Waals surface area contributed by atoms with Gasteiger partial charge >= 0.3 is 0 Å². The molecular weight excluding hydrogens is 420 g/mol. The summed E-state index contributed by atoms with van der Waals surface area (Å²) >= 11 is 6.81. The van der Waals surface area contributed by atoms with Gasteiger partial charge in [-0.15, -0.1) is 11.3 Å². The van der Waals surface area contributed by atoms with Gasteiger partial charge < -0.3 is 14.9 Å². The monoisotopic (exact) mass is 442 g/mol. The molecule has 6 heteroatoms. The van der Waals surface area contributed by atoms with E-state index in [4.69, 9.17) is 4.74 Å². The van der Waals surface area contributed by atoms with Crippen LogP contribution in [0.2, 0.25) is 0 Å². The highest BCUT2D eigenvalue weighted by Gasteiger charge is 2.42. The highest BCUT2D eigenvalue weighted by Crippen LogP contribution is 2.39. The molecule has 3 nitrogen and oxygen atoms in total. The number of benzene rings is 1. The van der Waals surface area contributed by atoms with Crippen LogP contribution in [0.1, 0.15) is 34.6 Å². The van der Waals surface area contributed by atoms with Crippen molar-refractivity contribution in [1.29, 1.82) is 0 Å². The van der Waals surface area contributed by atoms with E-state index in [-0.39, 0.29) is 17.5 Å². The van der Waals surface area contributed by atoms with E-state index in [1.54, 1.807) is 23.1 Å². The van der Waals surface area contributed by atoms with Crippen molar-refractivity contribution in [3.63, 3.8) is 0 Å². The molecule has 1 aliphatic heterocycles. The first-order valence-electron chi connectivity index (χ1n) is 8.28. The Kier molecular flexibility index (Phi) is 6.29. The van der Waals surface area contributed by atoms with Gasteiger partial charge in [0.2, 0.25) is 0 Å². The molecule has 1 aliphatic rings. The second kappa shape index (κ2) is 8.11. The predicted octanol–water partition coefficient (Wildman–Crippen LogP) is 4.32. The fourth-order valence-electron chi connectivity index (χ4n) is 3.26. The minimum atomic E-state index is -0.845. The van der Waals surface area contributed by atoms with Crippen molar-refractivity contribution in [2.24, 2.45) is 0 Å². The normalized spacial score (nSPS) is 29.8. The Hall–Kier alpha value is -0.370. The van der Waals surface area contributed by atoms with Crippen molar-refractivity contribution >= 4 is 39.0 Å². The molecular formula is C19H23BrO3S2. The third kappa shape index (κ3) is 4.15. The Labute approximate surface area is 165 Å². The number of aliphatic hydroxyl groups is 2. The van der Waals surface area contributed by atoms with Crippen LogP contribution in [0.15, 0.2) is 34.1 Å². The lowest BCUT2D eigenvalue weighted by Gasteiger charge is -2.41. The van der Waals surface area contributed by atoms with Crippen LogP contribution in [0.4, 0.5) is 0 Å². The first kappa shape index (κ1) is 19.4. The quantitative estimate of drug-likeness (QED) is 0.739. The molecule has 0 saturated carbocycles. The zero-order valence-electron chi connectivity index (χ0n) is 14.5. The van der Waals surface area contributed by atoms with Gasteiger partial charge in [0, 0.05) is 11.3 Å². The third-order valence-corrected chi connectivity index (χ3v) is 7.49. The number of hydrogen-bond donors (Lipinski definition) is 2. The average molecular weight is 443 g/mol. The van der Waals surface area contributed by atoms with Crippen LogP contribution in [-0.2, 0) is 11.2 Å². The summed E-state index contributed by atoms with van der Waals surface area (Å²) in [7, 11) is 0. The van der Waals surface area contributed by atoms with Gasteiger partial charge in [-0.2, -0.15) is 11.8 Å². The Morgan fingerprint density at radius 2 is 1.96 bits per heavy atom. The minimum absolute atomic E-state index is 0.183. The first-order chi connectivity index (χ1) is 11.9. The molecule has 1 saturated heterocycles. The smallest absolute Gasteiger partial charge is 0.107 e. The van der Waals surface area contributed by atoms with Crippen LogP contribution < -0.4 is 0 Å². The molecule has 1 fully saturated rings. The topological polar surface area (TPSA) is 49.7 Å². The fraction of sp³-hybridized carbons (Fsp3) is 0.474. The highest BCUT2D eigenvalue weighted by molar-refractivity contribution is 9.11. The van der Waals surface area contributed by atoms with E-state index < -0.39 is 12.2 Å². The molecule has 2 heterocycles. The summed E-state index contributed by atoms with van der Waals surface area (Å²) < 4.78 is 7.21. The number of thioether (sulfide) groups is 1. The van der Waals surface area contributed by atoms with Crippen molar-refractivity contribution in [2.45, 2.75) is 49.9 Å². The maximum Gasteiger partial charge on any atom is 0.107 e. The Bertz CT molecular complexity index is 733. The molecule has 1 aromatic carbocycles. The number of halogens is 1. The van der Waals surface area contributed by atoms with Crippen LogP contribution in [-0.4, -0.2) is 40.0 Å². The van der Waals surface area contributed by atoms with Crippen LogP contribution in [0, 0.1) is 6.92 Å². The lowest BCUT2D eigenvalue weighted by atomic mass is 9.91. The largest absolute Gasteiger partial charge is 0.389 e. The van der Waals surface area contributed by atoms with Gasteiger partial charge in [0.05, 0.1) is 27.3 Å². The van der Waals surface area contributed by atoms with Gasteiger partial charge in [-0.05, 0) is 64.9 Å². The number of aryl methyl sites for hydroxylation is 1. The van der Waals surface area contributed by atoms with Crippen LogP contribution in [0.25, 0.3) is 0 Å². The summed E-state index contributed by atoms with van der Waals surface area (Å²) in [5, 5.41) is 20.4.